The molecule has 326 valence electrons. The van der Waals surface area contributed by atoms with Crippen LogP contribution in [0.15, 0.2) is 66.7 Å². The largest absolute Gasteiger partial charge is 0.507 e. The number of benzene rings is 3. The number of carbonyl (C=O) groups excluding carboxylic acids is 5. The number of hydrogen-bond donors (Lipinski definition) is 3. The van der Waals surface area contributed by atoms with Crippen molar-refractivity contribution in [3.8, 4) is 17.0 Å². The van der Waals surface area contributed by atoms with E-state index in [1.165, 1.54) is 29.4 Å². The van der Waals surface area contributed by atoms with Gasteiger partial charge in [-0.05, 0) is 92.3 Å². The van der Waals surface area contributed by atoms with E-state index in [4.69, 9.17) is 5.73 Å². The molecule has 0 radical (unpaired) electrons. The van der Waals surface area contributed by atoms with Crippen LogP contribution < -0.4 is 25.8 Å². The highest BCUT2D eigenvalue weighted by Gasteiger charge is 2.45. The topological polar surface area (TPSA) is 189 Å². The van der Waals surface area contributed by atoms with Gasteiger partial charge in [0.15, 0.2) is 5.82 Å². The minimum atomic E-state index is -1.01. The maximum Gasteiger partial charge on any atom is 0.262 e. The zero-order chi connectivity index (χ0) is 43.5. The number of hydrogen-bond acceptors (Lipinski definition) is 13. The van der Waals surface area contributed by atoms with Crippen molar-refractivity contribution >= 4 is 52.4 Å². The van der Waals surface area contributed by atoms with Crippen molar-refractivity contribution < 1.29 is 33.5 Å². The zero-order valence-corrected chi connectivity index (χ0v) is 34.8. The van der Waals surface area contributed by atoms with Crippen LogP contribution in [-0.4, -0.2) is 130 Å². The van der Waals surface area contributed by atoms with E-state index in [2.05, 4.69) is 59.4 Å². The predicted octanol–water partition coefficient (Wildman–Crippen LogP) is 3.39. The molecule has 5 saturated heterocycles. The molecule has 16 nitrogen and oxygen atoms in total. The molecule has 4 aromatic rings. The molecular formula is C46H49FN10O6. The number of nitrogens with two attached hydrogens (primary N) is 1. The van der Waals surface area contributed by atoms with Gasteiger partial charge < -0.3 is 30.4 Å². The van der Waals surface area contributed by atoms with Crippen LogP contribution in [0.1, 0.15) is 64.8 Å². The third-order valence-corrected chi connectivity index (χ3v) is 13.8. The van der Waals surface area contributed by atoms with Gasteiger partial charge in [0.25, 0.3) is 11.8 Å². The number of fused-ring (bicyclic) bond motifs is 3. The average Bonchev–Trinajstić information content (AvgIpc) is 3.70. The summed E-state index contributed by atoms with van der Waals surface area (Å²) in [4.78, 5) is 76.7. The fraction of sp³-hybridized carbons (Fsp3) is 0.413. The number of rotatable bonds is 8. The number of aromatic hydroxyl groups is 1. The van der Waals surface area contributed by atoms with E-state index in [0.29, 0.717) is 50.5 Å². The first-order chi connectivity index (χ1) is 30.5. The van der Waals surface area contributed by atoms with Crippen molar-refractivity contribution in [1.29, 1.82) is 0 Å². The maximum absolute atomic E-state index is 14.1. The molecule has 4 N–H and O–H groups in total. The van der Waals surface area contributed by atoms with Gasteiger partial charge in [-0.2, -0.15) is 0 Å². The Balaban J connectivity index is 0.714. The lowest BCUT2D eigenvalue weighted by atomic mass is 9.94. The fourth-order valence-electron chi connectivity index (χ4n) is 10.5. The standard InChI is InChI=1S/C46H49FN10O6/c47-29-4-10-40(58)36(21-29)37-23-39(42(48)51-50-37)55-25-32-5-6-33(26-55)56(32)31-3-1-2-27(20-31)24-52-16-18-54(19-17-52)44(61)28-12-14-53(15-13-28)30-7-8-34-35(22-30)46(63)57(45(34)62)38-9-11-41(59)49-43(38)60/h1-4,7-8,10,20-23,28,32-33,38,58H,5-6,9,11-19,24-26H2,(H2,48,51)(H,49,59,60). The number of imide groups is 2. The lowest BCUT2D eigenvalue weighted by Crippen LogP contribution is -2.54. The van der Waals surface area contributed by atoms with Gasteiger partial charge in [0, 0.05) is 100 Å². The quantitative estimate of drug-likeness (QED) is 0.219. The van der Waals surface area contributed by atoms with E-state index < -0.39 is 35.5 Å². The minimum Gasteiger partial charge on any atom is -0.507 e. The first-order valence-corrected chi connectivity index (χ1v) is 21.8. The Labute approximate surface area is 363 Å². The Kier molecular flexibility index (Phi) is 10.4. The van der Waals surface area contributed by atoms with Crippen LogP contribution in [0.3, 0.4) is 0 Å². The van der Waals surface area contributed by atoms with E-state index in [1.807, 2.05) is 11.0 Å². The molecule has 7 heterocycles. The second-order valence-corrected chi connectivity index (χ2v) is 17.6. The smallest absolute Gasteiger partial charge is 0.262 e. The summed E-state index contributed by atoms with van der Waals surface area (Å²) in [5.41, 5.74) is 11.4. The highest BCUT2D eigenvalue weighted by atomic mass is 19.1. The summed E-state index contributed by atoms with van der Waals surface area (Å²) < 4.78 is 14.1. The van der Waals surface area contributed by atoms with Gasteiger partial charge >= 0.3 is 0 Å². The number of anilines is 4. The summed E-state index contributed by atoms with van der Waals surface area (Å²) in [6.45, 7) is 6.46. The number of piperazine rings is 2. The highest BCUT2D eigenvalue weighted by Crippen LogP contribution is 2.40. The summed E-state index contributed by atoms with van der Waals surface area (Å²) in [6, 6.07) is 19.0. The van der Waals surface area contributed by atoms with Crippen molar-refractivity contribution in [2.24, 2.45) is 5.92 Å². The summed E-state index contributed by atoms with van der Waals surface area (Å²) in [5, 5.41) is 21.0. The normalized spacial score (nSPS) is 23.1. The molecule has 2 bridgehead atoms. The van der Waals surface area contributed by atoms with Crippen LogP contribution in [0, 0.1) is 11.7 Å². The molecule has 10 rings (SSSR count). The molecule has 3 atom stereocenters. The van der Waals surface area contributed by atoms with Gasteiger partial charge in [0.2, 0.25) is 17.7 Å². The summed E-state index contributed by atoms with van der Waals surface area (Å²) >= 11 is 0. The maximum atomic E-state index is 14.1. The van der Waals surface area contributed by atoms with E-state index in [0.717, 1.165) is 61.8 Å². The second-order valence-electron chi connectivity index (χ2n) is 17.6. The van der Waals surface area contributed by atoms with Crippen molar-refractivity contribution in [3.05, 3.63) is 89.2 Å². The van der Waals surface area contributed by atoms with Crippen molar-refractivity contribution in [3.63, 3.8) is 0 Å². The Morgan fingerprint density at radius 2 is 1.51 bits per heavy atom. The molecule has 0 spiro atoms. The SMILES string of the molecule is Nc1nnc(-c2cc(F)ccc2O)cc1N1CC2CCC(C1)N2c1cccc(CN2CCN(C(=O)C3CCN(c4ccc5c(c4)C(=O)N(C4CCC(=O)NC4=O)C5=O)CC3)CC2)c1. The lowest BCUT2D eigenvalue weighted by Gasteiger charge is -2.43. The lowest BCUT2D eigenvalue weighted by molar-refractivity contribution is -0.138. The molecule has 63 heavy (non-hydrogen) atoms. The number of nitrogens with one attached hydrogen (secondary N) is 1. The fourth-order valence-corrected chi connectivity index (χ4v) is 10.5. The molecule has 17 heteroatoms. The molecule has 1 aromatic heterocycles. The number of halogens is 1. The predicted molar refractivity (Wildman–Crippen MR) is 231 cm³/mol. The molecule has 5 amide bonds. The number of amides is 5. The van der Waals surface area contributed by atoms with Crippen LogP contribution in [0.25, 0.3) is 11.3 Å². The van der Waals surface area contributed by atoms with Crippen molar-refractivity contribution in [2.75, 3.05) is 72.8 Å². The third-order valence-electron chi connectivity index (χ3n) is 13.8. The Morgan fingerprint density at radius 3 is 2.25 bits per heavy atom. The second kappa shape index (κ2) is 16.3. The van der Waals surface area contributed by atoms with Gasteiger partial charge in [-0.25, -0.2) is 4.39 Å². The monoisotopic (exact) mass is 856 g/mol. The van der Waals surface area contributed by atoms with Crippen LogP contribution >= 0.6 is 0 Å². The first kappa shape index (κ1) is 40.5. The van der Waals surface area contributed by atoms with Crippen LogP contribution in [0.2, 0.25) is 0 Å². The van der Waals surface area contributed by atoms with E-state index >= 15 is 0 Å². The summed E-state index contributed by atoms with van der Waals surface area (Å²) in [7, 11) is 0. The molecular weight excluding hydrogens is 808 g/mol. The van der Waals surface area contributed by atoms with Crippen LogP contribution in [0.4, 0.5) is 27.3 Å². The van der Waals surface area contributed by atoms with Crippen molar-refractivity contribution in [2.45, 2.75) is 63.2 Å². The Morgan fingerprint density at radius 1 is 0.762 bits per heavy atom. The van der Waals surface area contributed by atoms with E-state index in [-0.39, 0.29) is 59.2 Å². The molecule has 3 unspecified atom stereocenters. The number of nitrogens with zero attached hydrogens (tertiary/aromatic N) is 8. The van der Waals surface area contributed by atoms with Gasteiger partial charge in [-0.1, -0.05) is 12.1 Å². The van der Waals surface area contributed by atoms with Gasteiger partial charge in [-0.3, -0.25) is 39.1 Å². The number of carbonyl (C=O) groups is 5. The number of piperidine rings is 2. The molecule has 0 saturated carbocycles. The molecule has 0 aliphatic carbocycles. The summed E-state index contributed by atoms with van der Waals surface area (Å²) in [6.07, 6.45) is 3.62. The van der Waals surface area contributed by atoms with Crippen LogP contribution in [-0.2, 0) is 20.9 Å². The number of phenols is 1. The van der Waals surface area contributed by atoms with Gasteiger partial charge in [-0.15, -0.1) is 10.2 Å². The number of aromatic nitrogens is 2. The van der Waals surface area contributed by atoms with Crippen molar-refractivity contribution in [1.82, 2.24) is 30.2 Å². The van der Waals surface area contributed by atoms with Gasteiger partial charge in [0.05, 0.1) is 22.5 Å². The zero-order valence-electron chi connectivity index (χ0n) is 34.8. The van der Waals surface area contributed by atoms with Crippen LogP contribution in [0.5, 0.6) is 5.75 Å². The van der Waals surface area contributed by atoms with Gasteiger partial charge in [0.1, 0.15) is 17.6 Å². The highest BCUT2D eigenvalue weighted by molar-refractivity contribution is 6.23. The Hall–Kier alpha value is -6.62. The van der Waals surface area contributed by atoms with E-state index in [9.17, 15) is 33.5 Å². The summed E-state index contributed by atoms with van der Waals surface area (Å²) in [5.74, 6) is -2.25. The molecule has 6 aliphatic rings. The molecule has 5 fully saturated rings. The molecule has 6 aliphatic heterocycles. The van der Waals surface area contributed by atoms with E-state index in [1.54, 1.807) is 18.2 Å². The number of phenolic OH excluding ortho intramolecular Hbond substituents is 1. The average molecular weight is 857 g/mol. The third kappa shape index (κ3) is 7.57. The minimum absolute atomic E-state index is 0.0675. The first-order valence-electron chi connectivity index (χ1n) is 21.8. The molecule has 3 aromatic carbocycles. The number of nitrogen functional groups attached to an aromatic ring is 1. The Bertz CT molecular complexity index is 2510.